The molecule has 8 heteroatoms. The third-order valence-corrected chi connectivity index (χ3v) is 5.47. The van der Waals surface area contributed by atoms with Gasteiger partial charge in [-0.25, -0.2) is 4.98 Å². The summed E-state index contributed by atoms with van der Waals surface area (Å²) in [5.74, 6) is -0.206. The van der Waals surface area contributed by atoms with Crippen molar-refractivity contribution in [3.8, 4) is 0 Å². The summed E-state index contributed by atoms with van der Waals surface area (Å²) in [6, 6.07) is 2.80. The molecule has 3 aromatic rings. The maximum absolute atomic E-state index is 13.3. The average Bonchev–Trinajstić information content (AvgIpc) is 2.67. The number of H-pyrrole nitrogens is 1. The van der Waals surface area contributed by atoms with Gasteiger partial charge in [0, 0.05) is 24.2 Å². The fraction of sp³-hybridized carbons (Fsp3) is 0.400. The number of hydrogen-bond donors (Lipinski definition) is 1. The summed E-state index contributed by atoms with van der Waals surface area (Å²) in [6.45, 7) is 1.80. The maximum Gasteiger partial charge on any atom is 0.416 e. The van der Waals surface area contributed by atoms with Gasteiger partial charge in [-0.05, 0) is 62.1 Å². The van der Waals surface area contributed by atoms with Crippen molar-refractivity contribution in [1.29, 1.82) is 0 Å². The van der Waals surface area contributed by atoms with E-state index >= 15 is 0 Å². The Balaban J connectivity index is 1.57. The van der Waals surface area contributed by atoms with E-state index in [1.807, 2.05) is 0 Å². The molecule has 0 radical (unpaired) electrons. The Kier molecular flexibility index (Phi) is 4.64. The second-order valence-electron chi connectivity index (χ2n) is 7.31. The molecule has 1 aliphatic rings. The second-order valence-corrected chi connectivity index (χ2v) is 7.31. The summed E-state index contributed by atoms with van der Waals surface area (Å²) in [7, 11) is 0. The van der Waals surface area contributed by atoms with Gasteiger partial charge in [0.25, 0.3) is 5.56 Å². The van der Waals surface area contributed by atoms with Crippen molar-refractivity contribution in [2.24, 2.45) is 0 Å². The van der Waals surface area contributed by atoms with Gasteiger partial charge in [0.05, 0.1) is 11.3 Å². The highest BCUT2D eigenvalue weighted by Crippen LogP contribution is 2.43. The molecule has 0 bridgehead atoms. The highest BCUT2D eigenvalue weighted by Gasteiger charge is 2.36. The minimum absolute atomic E-state index is 0.00138. The van der Waals surface area contributed by atoms with Gasteiger partial charge in [-0.2, -0.15) is 13.2 Å². The van der Waals surface area contributed by atoms with E-state index in [1.165, 1.54) is 12.4 Å². The van der Waals surface area contributed by atoms with E-state index in [9.17, 15) is 18.0 Å². The lowest BCUT2D eigenvalue weighted by molar-refractivity contribution is -0.138. The number of aromatic nitrogens is 4. The monoisotopic (exact) mass is 388 g/mol. The predicted octanol–water partition coefficient (Wildman–Crippen LogP) is 4.48. The summed E-state index contributed by atoms with van der Waals surface area (Å²) < 4.78 is 39.9. The fourth-order valence-electron chi connectivity index (χ4n) is 4.09. The van der Waals surface area contributed by atoms with Crippen LogP contribution in [-0.2, 0) is 6.18 Å². The third kappa shape index (κ3) is 3.50. The molecule has 0 unspecified atom stereocenters. The lowest BCUT2D eigenvalue weighted by Crippen LogP contribution is -2.22. The van der Waals surface area contributed by atoms with E-state index < -0.39 is 11.7 Å². The molecule has 146 valence electrons. The normalized spacial score (nSPS) is 20.4. The first kappa shape index (κ1) is 18.6. The minimum atomic E-state index is -4.39. The first-order valence-corrected chi connectivity index (χ1v) is 9.20. The zero-order valence-electron chi connectivity index (χ0n) is 15.3. The molecule has 5 nitrogen and oxygen atoms in total. The smallest absolute Gasteiger partial charge is 0.305 e. The summed E-state index contributed by atoms with van der Waals surface area (Å²) in [5.41, 5.74) is 1.86. The number of rotatable bonds is 2. The molecule has 0 saturated heterocycles. The molecular formula is C20H19F3N4O. The molecule has 0 amide bonds. The van der Waals surface area contributed by atoms with Crippen LogP contribution in [0.25, 0.3) is 11.2 Å². The number of halogens is 3. The van der Waals surface area contributed by atoms with Crippen LogP contribution in [0.5, 0.6) is 0 Å². The third-order valence-electron chi connectivity index (χ3n) is 5.47. The molecule has 0 aliphatic heterocycles. The maximum atomic E-state index is 13.3. The van der Waals surface area contributed by atoms with E-state index in [0.717, 1.165) is 6.07 Å². The molecule has 0 aromatic carbocycles. The molecule has 1 N–H and O–H groups in total. The molecule has 1 fully saturated rings. The number of fused-ring (bicyclic) bond motifs is 1. The Bertz CT molecular complexity index is 1070. The van der Waals surface area contributed by atoms with Gasteiger partial charge in [-0.3, -0.25) is 14.8 Å². The first-order chi connectivity index (χ1) is 13.3. The van der Waals surface area contributed by atoms with Crippen molar-refractivity contribution in [2.45, 2.75) is 50.6 Å². The molecule has 3 heterocycles. The van der Waals surface area contributed by atoms with Crippen LogP contribution >= 0.6 is 0 Å². The Morgan fingerprint density at radius 3 is 2.43 bits per heavy atom. The number of pyridine rings is 2. The van der Waals surface area contributed by atoms with Crippen LogP contribution in [0.3, 0.4) is 0 Å². The van der Waals surface area contributed by atoms with Crippen molar-refractivity contribution in [1.82, 2.24) is 19.9 Å². The molecule has 3 aromatic heterocycles. The van der Waals surface area contributed by atoms with Gasteiger partial charge in [0.2, 0.25) is 0 Å². The molecule has 0 spiro atoms. The standard InChI is InChI=1S/C20H19F3N4O/c1-11-9-25-17-8-14(19(28)27-18(17)26-11)12-2-4-13(5-3-12)15-10-24-7-6-16(15)20(21,22)23/h6-10,12-13H,2-5H2,1H3,(H,26,27,28). The zero-order valence-corrected chi connectivity index (χ0v) is 15.3. The number of hydrogen-bond acceptors (Lipinski definition) is 4. The van der Waals surface area contributed by atoms with E-state index in [0.29, 0.717) is 48.1 Å². The van der Waals surface area contributed by atoms with Gasteiger partial charge in [0.1, 0.15) is 5.52 Å². The van der Waals surface area contributed by atoms with E-state index in [2.05, 4.69) is 19.9 Å². The summed E-state index contributed by atoms with van der Waals surface area (Å²) in [4.78, 5) is 27.8. The number of alkyl halides is 3. The first-order valence-electron chi connectivity index (χ1n) is 9.20. The number of nitrogens with one attached hydrogen (secondary N) is 1. The predicted molar refractivity (Wildman–Crippen MR) is 98.1 cm³/mol. The number of nitrogens with zero attached hydrogens (tertiary/aromatic N) is 3. The summed E-state index contributed by atoms with van der Waals surface area (Å²) in [5, 5.41) is 0. The summed E-state index contributed by atoms with van der Waals surface area (Å²) >= 11 is 0. The van der Waals surface area contributed by atoms with Crippen LogP contribution in [0.2, 0.25) is 0 Å². The van der Waals surface area contributed by atoms with Crippen LogP contribution in [-0.4, -0.2) is 19.9 Å². The molecule has 1 aliphatic carbocycles. The molecule has 1 saturated carbocycles. The van der Waals surface area contributed by atoms with Crippen LogP contribution in [0.15, 0.2) is 35.5 Å². The number of aryl methyl sites for hydroxylation is 1. The molecule has 0 atom stereocenters. The van der Waals surface area contributed by atoms with Crippen LogP contribution in [0, 0.1) is 6.92 Å². The van der Waals surface area contributed by atoms with Gasteiger partial charge < -0.3 is 4.98 Å². The largest absolute Gasteiger partial charge is 0.416 e. The van der Waals surface area contributed by atoms with Gasteiger partial charge in [-0.15, -0.1) is 0 Å². The highest BCUT2D eigenvalue weighted by molar-refractivity contribution is 5.70. The van der Waals surface area contributed by atoms with Crippen molar-refractivity contribution >= 4 is 11.2 Å². The average molecular weight is 388 g/mol. The Morgan fingerprint density at radius 2 is 1.75 bits per heavy atom. The van der Waals surface area contributed by atoms with E-state index in [-0.39, 0.29) is 23.0 Å². The zero-order chi connectivity index (χ0) is 19.9. The lowest BCUT2D eigenvalue weighted by Gasteiger charge is -2.30. The van der Waals surface area contributed by atoms with Crippen molar-refractivity contribution in [3.05, 3.63) is 63.5 Å². The Labute approximate surface area is 159 Å². The van der Waals surface area contributed by atoms with Crippen LogP contribution in [0.1, 0.15) is 59.9 Å². The number of aromatic amines is 1. The highest BCUT2D eigenvalue weighted by atomic mass is 19.4. The SMILES string of the molecule is Cc1cnc2cc(C3CCC(c4cnccc4C(F)(F)F)CC3)c(=O)[nH]c2n1. The lowest BCUT2D eigenvalue weighted by atomic mass is 9.75. The fourth-order valence-corrected chi connectivity index (χ4v) is 4.09. The van der Waals surface area contributed by atoms with Crippen molar-refractivity contribution in [2.75, 3.05) is 0 Å². The van der Waals surface area contributed by atoms with Gasteiger partial charge in [0.15, 0.2) is 5.65 Å². The molecule has 4 rings (SSSR count). The van der Waals surface area contributed by atoms with Crippen LogP contribution in [0.4, 0.5) is 13.2 Å². The Hall–Kier alpha value is -2.77. The Morgan fingerprint density at radius 1 is 1.07 bits per heavy atom. The second kappa shape index (κ2) is 7.00. The van der Waals surface area contributed by atoms with Gasteiger partial charge >= 0.3 is 6.18 Å². The molecule has 28 heavy (non-hydrogen) atoms. The topological polar surface area (TPSA) is 71.5 Å². The van der Waals surface area contributed by atoms with Crippen LogP contribution < -0.4 is 5.56 Å². The van der Waals surface area contributed by atoms with Crippen molar-refractivity contribution in [3.63, 3.8) is 0 Å². The minimum Gasteiger partial charge on any atom is -0.305 e. The van der Waals surface area contributed by atoms with Crippen molar-refractivity contribution < 1.29 is 13.2 Å². The quantitative estimate of drug-likeness (QED) is 0.703. The van der Waals surface area contributed by atoms with E-state index in [4.69, 9.17) is 0 Å². The van der Waals surface area contributed by atoms with Gasteiger partial charge in [-0.1, -0.05) is 0 Å². The van der Waals surface area contributed by atoms with E-state index in [1.54, 1.807) is 19.2 Å². The summed E-state index contributed by atoms with van der Waals surface area (Å²) in [6.07, 6.45) is 2.20. The molecular weight excluding hydrogens is 369 g/mol.